The van der Waals surface area contributed by atoms with Gasteiger partial charge in [-0.05, 0) is 85.8 Å². The molecule has 0 bridgehead atoms. The van der Waals surface area contributed by atoms with E-state index in [1.165, 1.54) is 251 Å². The predicted octanol–water partition coefficient (Wildman–Crippen LogP) is 26.8. The van der Waals surface area contributed by atoms with E-state index in [-0.39, 0.29) is 11.8 Å². The van der Waals surface area contributed by atoms with Gasteiger partial charge in [0.25, 0.3) is 11.8 Å². The Morgan fingerprint density at radius 1 is 0.326 bits per heavy atom. The first-order chi connectivity index (χ1) is 43.6. The van der Waals surface area contributed by atoms with Crippen molar-refractivity contribution < 1.29 is 9.59 Å². The Balaban J connectivity index is 1.24. The number of nitrogens with zero attached hydrogens (tertiary/aromatic N) is 4. The number of hydrogen-bond acceptors (Lipinski definition) is 9. The molecule has 0 aliphatic carbocycles. The third-order valence-corrected chi connectivity index (χ3v) is 25.5. The van der Waals surface area contributed by atoms with Crippen LogP contribution in [-0.2, 0) is 9.59 Å². The van der Waals surface area contributed by atoms with Crippen molar-refractivity contribution in [1.29, 1.82) is 0 Å². The van der Waals surface area contributed by atoms with Crippen molar-refractivity contribution in [2.75, 3.05) is 13.1 Å². The smallest absolute Gasteiger partial charge is 0.261 e. The molecule has 5 aromatic rings. The van der Waals surface area contributed by atoms with E-state index in [2.05, 4.69) is 102 Å². The van der Waals surface area contributed by atoms with Gasteiger partial charge in [-0.15, -0.1) is 56.7 Å². The molecule has 2 aliphatic heterocycles. The number of hydrogen-bond donors (Lipinski definition) is 0. The SMILES string of the molecule is CCCCCCCCCCCCC(CCCCCCCCCC)CN1C(=O)C2=C(c3cnc(-c4ccc(C(C)C)s4)s3)N(CC(CCCCCCCCCC)CCCCCCCCCCCC)C(=O)C2=C1c1cnc(-c2ccc(-c3ccc(C(C)C)s3)s2)s1. The van der Waals surface area contributed by atoms with Crippen LogP contribution < -0.4 is 0 Å². The molecule has 0 saturated heterocycles. The van der Waals surface area contributed by atoms with E-state index in [1.54, 1.807) is 34.0 Å². The van der Waals surface area contributed by atoms with Crippen LogP contribution in [0, 0.1) is 11.8 Å². The van der Waals surface area contributed by atoms with Crippen LogP contribution in [0.15, 0.2) is 59.9 Å². The van der Waals surface area contributed by atoms with Crippen LogP contribution in [0.1, 0.15) is 344 Å². The summed E-state index contributed by atoms with van der Waals surface area (Å²) in [4.78, 5) is 56.6. The zero-order valence-electron chi connectivity index (χ0n) is 57.3. The Kier molecular flexibility index (Phi) is 34.1. The molecule has 0 aromatic carbocycles. The van der Waals surface area contributed by atoms with Crippen LogP contribution in [0.5, 0.6) is 0 Å². The number of amides is 2. The summed E-state index contributed by atoms with van der Waals surface area (Å²) < 4.78 is 0. The lowest BCUT2D eigenvalue weighted by atomic mass is 9.93. The third kappa shape index (κ3) is 23.3. The molecule has 2 atom stereocenters. The summed E-state index contributed by atoms with van der Waals surface area (Å²) in [6, 6.07) is 13.5. The third-order valence-electron chi connectivity index (χ3n) is 19.1. The lowest BCUT2D eigenvalue weighted by molar-refractivity contribution is -0.124. The van der Waals surface area contributed by atoms with E-state index >= 15 is 9.59 Å². The molecule has 2 unspecified atom stereocenters. The molecule has 0 radical (unpaired) electrons. The lowest BCUT2D eigenvalue weighted by Crippen LogP contribution is -2.34. The Bertz CT molecular complexity index is 2840. The Morgan fingerprint density at radius 2 is 0.596 bits per heavy atom. The molecule has 6 nitrogen and oxygen atoms in total. The van der Waals surface area contributed by atoms with Crippen LogP contribution >= 0.6 is 56.7 Å². The summed E-state index contributed by atoms with van der Waals surface area (Å²) in [5, 5.41) is 1.91. The summed E-state index contributed by atoms with van der Waals surface area (Å²) in [6.45, 7) is 19.5. The first-order valence-electron chi connectivity index (χ1n) is 36.9. The highest BCUT2D eigenvalue weighted by Crippen LogP contribution is 2.51. The van der Waals surface area contributed by atoms with Gasteiger partial charge in [0.15, 0.2) is 0 Å². The number of thiophene rings is 3. The predicted molar refractivity (Wildman–Crippen MR) is 394 cm³/mol. The van der Waals surface area contributed by atoms with Gasteiger partial charge in [0.05, 0.1) is 42.0 Å². The monoisotopic (exact) mass is 1300 g/mol. The molecule has 494 valence electrons. The Morgan fingerprint density at radius 3 is 0.921 bits per heavy atom. The summed E-state index contributed by atoms with van der Waals surface area (Å²) in [5.41, 5.74) is 2.82. The van der Waals surface area contributed by atoms with Gasteiger partial charge < -0.3 is 9.80 Å². The fourth-order valence-corrected chi connectivity index (χ4v) is 18.7. The highest BCUT2D eigenvalue weighted by atomic mass is 32.1. The fraction of sp³-hybridized carbons (Fsp3) is 0.692. The molecular weight excluding hydrogens is 1190 g/mol. The van der Waals surface area contributed by atoms with E-state index in [4.69, 9.17) is 9.97 Å². The number of thiazole rings is 2. The van der Waals surface area contributed by atoms with Crippen LogP contribution in [0.25, 0.3) is 40.9 Å². The average molecular weight is 1310 g/mol. The number of carbonyl (C=O) groups is 2. The summed E-state index contributed by atoms with van der Waals surface area (Å²) in [7, 11) is 0. The standard InChI is InChI=1S/C78H120N4O2S5/c1-9-13-17-21-25-29-31-35-39-43-47-61(45-41-37-33-27-23-19-15-11-3)57-81-73(69-55-79-75(88-69)67-53-50-64(86-67)60(7)8)71-72(78(81)84)74(70-56-80-76(89-70)68-54-52-66(87-68)65-51-49-63(85-65)59(5)6)82(77(71)83)58-62(46-42-38-34-28-24-20-16-12-4)48-44-40-36-32-30-26-22-18-14-10-2/h49-56,59-62H,9-48,57-58H2,1-8H3. The molecule has 89 heavy (non-hydrogen) atoms. The number of unbranched alkanes of at least 4 members (excludes halogenated alkanes) is 32. The Labute approximate surface area is 563 Å². The van der Waals surface area contributed by atoms with Gasteiger partial charge in [0.1, 0.15) is 10.0 Å². The molecule has 0 spiro atoms. The minimum atomic E-state index is -0.000608. The number of carbonyl (C=O) groups excluding carboxylic acids is 2. The minimum Gasteiger partial charge on any atom is -0.306 e. The molecule has 2 amide bonds. The first kappa shape index (κ1) is 73.2. The van der Waals surface area contributed by atoms with E-state index in [0.717, 1.165) is 66.6 Å². The summed E-state index contributed by atoms with van der Waals surface area (Å²) >= 11 is 8.84. The molecule has 5 aromatic heterocycles. The molecule has 0 fully saturated rings. The molecule has 2 aliphatic rings. The van der Waals surface area contributed by atoms with Crippen LogP contribution in [0.2, 0.25) is 0 Å². The average Bonchev–Trinajstić information content (AvgIpc) is 1.56. The van der Waals surface area contributed by atoms with Crippen molar-refractivity contribution in [2.24, 2.45) is 11.8 Å². The van der Waals surface area contributed by atoms with Crippen LogP contribution in [0.3, 0.4) is 0 Å². The second-order valence-electron chi connectivity index (χ2n) is 27.4. The highest BCUT2D eigenvalue weighted by Gasteiger charge is 2.50. The normalized spacial score (nSPS) is 14.4. The van der Waals surface area contributed by atoms with Gasteiger partial charge in [-0.3, -0.25) is 9.59 Å². The van der Waals surface area contributed by atoms with Crippen molar-refractivity contribution in [3.63, 3.8) is 0 Å². The number of rotatable bonds is 51. The first-order valence-corrected chi connectivity index (χ1v) is 41.0. The van der Waals surface area contributed by atoms with Crippen molar-refractivity contribution in [2.45, 2.75) is 324 Å². The fourth-order valence-electron chi connectivity index (χ4n) is 13.6. The van der Waals surface area contributed by atoms with Gasteiger partial charge in [-0.25, -0.2) is 9.97 Å². The van der Waals surface area contributed by atoms with Gasteiger partial charge in [-0.1, -0.05) is 287 Å². The maximum atomic E-state index is 16.3. The second-order valence-corrected chi connectivity index (χ2v) is 32.8. The Hall–Kier alpha value is -3.22. The minimum absolute atomic E-state index is 0.000608. The molecular formula is C78H120N4O2S5. The van der Waals surface area contributed by atoms with Gasteiger partial charge >= 0.3 is 0 Å². The quantitative estimate of drug-likeness (QED) is 0.0364. The van der Waals surface area contributed by atoms with Gasteiger partial charge in [0.2, 0.25) is 0 Å². The van der Waals surface area contributed by atoms with E-state index in [0.29, 0.717) is 47.9 Å². The second kappa shape index (κ2) is 41.5. The molecule has 11 heteroatoms. The van der Waals surface area contributed by atoms with Gasteiger partial charge in [0, 0.05) is 45.0 Å². The van der Waals surface area contributed by atoms with Crippen molar-refractivity contribution in [3.8, 4) is 29.5 Å². The zero-order chi connectivity index (χ0) is 63.0. The van der Waals surface area contributed by atoms with Crippen molar-refractivity contribution in [3.05, 3.63) is 79.4 Å². The van der Waals surface area contributed by atoms with E-state index < -0.39 is 0 Å². The van der Waals surface area contributed by atoms with Crippen LogP contribution in [-0.4, -0.2) is 44.7 Å². The van der Waals surface area contributed by atoms with E-state index in [1.807, 2.05) is 35.1 Å². The molecule has 7 rings (SSSR count). The van der Waals surface area contributed by atoms with Gasteiger partial charge in [-0.2, -0.15) is 0 Å². The highest BCUT2D eigenvalue weighted by molar-refractivity contribution is 7.26. The summed E-state index contributed by atoms with van der Waals surface area (Å²) in [6.07, 6.45) is 55.4. The van der Waals surface area contributed by atoms with Crippen LogP contribution in [0.4, 0.5) is 0 Å². The molecule has 0 N–H and O–H groups in total. The largest absolute Gasteiger partial charge is 0.306 e. The molecule has 0 saturated carbocycles. The van der Waals surface area contributed by atoms with Crippen molar-refractivity contribution >= 4 is 79.9 Å². The zero-order valence-corrected chi connectivity index (χ0v) is 61.4. The molecule has 7 heterocycles. The number of fused-ring (bicyclic) bond motifs is 1. The summed E-state index contributed by atoms with van der Waals surface area (Å²) in [5.74, 6) is 1.61. The lowest BCUT2D eigenvalue weighted by Gasteiger charge is -2.29. The topological polar surface area (TPSA) is 66.4 Å². The number of aromatic nitrogens is 2. The maximum absolute atomic E-state index is 16.3. The maximum Gasteiger partial charge on any atom is 0.261 e. The van der Waals surface area contributed by atoms with E-state index in [9.17, 15) is 0 Å². The van der Waals surface area contributed by atoms with Crippen molar-refractivity contribution in [1.82, 2.24) is 19.8 Å².